The monoisotopic (exact) mass is 292 g/mol. The second kappa shape index (κ2) is 6.25. The molecule has 0 unspecified atom stereocenters. The fourth-order valence-corrected chi connectivity index (χ4v) is 1.89. The molecule has 2 aromatic rings. The number of aromatic nitrogens is 1. The quantitative estimate of drug-likeness (QED) is 0.941. The minimum absolute atomic E-state index is 0.268. The van der Waals surface area contributed by atoms with E-state index in [4.69, 9.17) is 21.1 Å². The molecule has 0 spiro atoms. The molecule has 2 rings (SSSR count). The highest BCUT2D eigenvalue weighted by atomic mass is 35.5. The van der Waals surface area contributed by atoms with Crippen LogP contribution in [-0.4, -0.2) is 25.1 Å². The molecule has 0 aliphatic rings. The van der Waals surface area contributed by atoms with Crippen molar-refractivity contribution in [1.82, 2.24) is 4.98 Å². The Hall–Kier alpha value is -2.27. The summed E-state index contributed by atoms with van der Waals surface area (Å²) in [5.41, 5.74) is 0.978. The molecule has 0 aliphatic carbocycles. The predicted molar refractivity (Wildman–Crippen MR) is 76.7 cm³/mol. The molecule has 0 saturated carbocycles. The van der Waals surface area contributed by atoms with E-state index in [0.717, 1.165) is 0 Å². The highest BCUT2D eigenvalue weighted by Gasteiger charge is 2.13. The Bertz CT molecular complexity index is 617. The zero-order valence-corrected chi connectivity index (χ0v) is 11.8. The van der Waals surface area contributed by atoms with Crippen LogP contribution in [0.2, 0.25) is 5.02 Å². The van der Waals surface area contributed by atoms with Gasteiger partial charge in [-0.2, -0.15) is 0 Å². The number of ether oxygens (including phenoxy) is 2. The number of halogens is 1. The number of nitrogens with zero attached hydrogens (tertiary/aromatic N) is 1. The first-order valence-corrected chi connectivity index (χ1v) is 6.16. The van der Waals surface area contributed by atoms with E-state index in [1.54, 1.807) is 36.7 Å². The standard InChI is InChI=1S/C14H13ClN2O3/c1-19-12-8-11(13(20-2)7-10(12)15)17-14(18)9-3-5-16-6-4-9/h3-8H,1-2H3,(H,17,18). The first-order chi connectivity index (χ1) is 9.65. The fourth-order valence-electron chi connectivity index (χ4n) is 1.66. The molecule has 1 N–H and O–H groups in total. The molecule has 0 aliphatic heterocycles. The molecule has 0 fully saturated rings. The summed E-state index contributed by atoms with van der Waals surface area (Å²) in [6, 6.07) is 6.44. The van der Waals surface area contributed by atoms with Crippen molar-refractivity contribution in [3.8, 4) is 11.5 Å². The maximum atomic E-state index is 12.1. The molecule has 5 nitrogen and oxygen atoms in total. The maximum Gasteiger partial charge on any atom is 0.255 e. The molecule has 20 heavy (non-hydrogen) atoms. The van der Waals surface area contributed by atoms with Crippen LogP contribution < -0.4 is 14.8 Å². The number of nitrogens with one attached hydrogen (secondary N) is 1. The Kier molecular flexibility index (Phi) is 4.42. The SMILES string of the molecule is COc1cc(NC(=O)c2ccncc2)c(OC)cc1Cl. The summed E-state index contributed by atoms with van der Waals surface area (Å²) in [4.78, 5) is 16.0. The number of carbonyl (C=O) groups excluding carboxylic acids is 1. The number of rotatable bonds is 4. The van der Waals surface area contributed by atoms with Crippen LogP contribution in [-0.2, 0) is 0 Å². The number of amides is 1. The Balaban J connectivity index is 2.31. The van der Waals surface area contributed by atoms with Gasteiger partial charge < -0.3 is 14.8 Å². The Labute approximate surface area is 121 Å². The number of hydrogen-bond acceptors (Lipinski definition) is 4. The molecular formula is C14H13ClN2O3. The summed E-state index contributed by atoms with van der Waals surface area (Å²) in [7, 11) is 3.00. The summed E-state index contributed by atoms with van der Waals surface area (Å²) in [5, 5.41) is 3.16. The van der Waals surface area contributed by atoms with Gasteiger partial charge in [-0.1, -0.05) is 11.6 Å². The van der Waals surface area contributed by atoms with E-state index >= 15 is 0 Å². The van der Waals surface area contributed by atoms with Crippen molar-refractivity contribution in [2.45, 2.75) is 0 Å². The van der Waals surface area contributed by atoms with Crippen LogP contribution in [0.3, 0.4) is 0 Å². The van der Waals surface area contributed by atoms with Crippen molar-refractivity contribution in [2.75, 3.05) is 19.5 Å². The first-order valence-electron chi connectivity index (χ1n) is 5.78. The highest BCUT2D eigenvalue weighted by Crippen LogP contribution is 2.35. The van der Waals surface area contributed by atoms with Gasteiger partial charge in [-0.3, -0.25) is 9.78 Å². The van der Waals surface area contributed by atoms with Gasteiger partial charge in [0, 0.05) is 30.1 Å². The molecule has 6 heteroatoms. The van der Waals surface area contributed by atoms with Gasteiger partial charge >= 0.3 is 0 Å². The van der Waals surface area contributed by atoms with Crippen molar-refractivity contribution < 1.29 is 14.3 Å². The molecule has 1 heterocycles. The van der Waals surface area contributed by atoms with Gasteiger partial charge in [0.2, 0.25) is 0 Å². The summed E-state index contributed by atoms with van der Waals surface area (Å²) >= 11 is 6.01. The second-order valence-electron chi connectivity index (χ2n) is 3.88. The number of carbonyl (C=O) groups is 1. The van der Waals surface area contributed by atoms with Crippen molar-refractivity contribution >= 4 is 23.2 Å². The van der Waals surface area contributed by atoms with Crippen LogP contribution >= 0.6 is 11.6 Å². The Morgan fingerprint density at radius 3 is 2.40 bits per heavy atom. The molecule has 0 atom stereocenters. The normalized spacial score (nSPS) is 9.95. The third kappa shape index (κ3) is 3.00. The molecule has 0 saturated heterocycles. The first kappa shape index (κ1) is 14.1. The van der Waals surface area contributed by atoms with Crippen LogP contribution in [0.5, 0.6) is 11.5 Å². The highest BCUT2D eigenvalue weighted by molar-refractivity contribution is 6.32. The van der Waals surface area contributed by atoms with Crippen molar-refractivity contribution in [3.05, 3.63) is 47.2 Å². The van der Waals surface area contributed by atoms with E-state index in [0.29, 0.717) is 27.8 Å². The summed E-state index contributed by atoms with van der Waals surface area (Å²) in [5.74, 6) is 0.644. The third-order valence-electron chi connectivity index (χ3n) is 2.66. The molecule has 0 radical (unpaired) electrons. The van der Waals surface area contributed by atoms with Gasteiger partial charge in [0.15, 0.2) is 0 Å². The molecule has 1 aromatic heterocycles. The molecule has 0 bridgehead atoms. The fraction of sp³-hybridized carbons (Fsp3) is 0.143. The van der Waals surface area contributed by atoms with Gasteiger partial charge in [-0.05, 0) is 12.1 Å². The minimum atomic E-state index is -0.268. The smallest absolute Gasteiger partial charge is 0.255 e. The van der Waals surface area contributed by atoms with Gasteiger partial charge in [-0.15, -0.1) is 0 Å². The predicted octanol–water partition coefficient (Wildman–Crippen LogP) is 3.00. The molecule has 1 aromatic carbocycles. The number of pyridine rings is 1. The maximum absolute atomic E-state index is 12.1. The lowest BCUT2D eigenvalue weighted by Gasteiger charge is -2.13. The molecule has 104 valence electrons. The number of benzene rings is 1. The van der Waals surface area contributed by atoms with Crippen LogP contribution in [0.15, 0.2) is 36.7 Å². The van der Waals surface area contributed by atoms with Gasteiger partial charge in [-0.25, -0.2) is 0 Å². The van der Waals surface area contributed by atoms with Gasteiger partial charge in [0.25, 0.3) is 5.91 Å². The minimum Gasteiger partial charge on any atom is -0.495 e. The van der Waals surface area contributed by atoms with E-state index in [2.05, 4.69) is 10.3 Å². The lowest BCUT2D eigenvalue weighted by Crippen LogP contribution is -2.12. The van der Waals surface area contributed by atoms with Crippen molar-refractivity contribution in [2.24, 2.45) is 0 Å². The van der Waals surface area contributed by atoms with Crippen LogP contribution in [0.25, 0.3) is 0 Å². The number of hydrogen-bond donors (Lipinski definition) is 1. The van der Waals surface area contributed by atoms with Crippen LogP contribution in [0.1, 0.15) is 10.4 Å². The lowest BCUT2D eigenvalue weighted by atomic mass is 10.2. The van der Waals surface area contributed by atoms with E-state index in [-0.39, 0.29) is 5.91 Å². The summed E-state index contributed by atoms with van der Waals surface area (Å²) < 4.78 is 10.3. The summed E-state index contributed by atoms with van der Waals surface area (Å²) in [6.45, 7) is 0. The largest absolute Gasteiger partial charge is 0.495 e. The van der Waals surface area contributed by atoms with E-state index in [1.165, 1.54) is 14.2 Å². The molecule has 1 amide bonds. The second-order valence-corrected chi connectivity index (χ2v) is 4.28. The lowest BCUT2D eigenvalue weighted by molar-refractivity contribution is 0.102. The van der Waals surface area contributed by atoms with Crippen LogP contribution in [0, 0.1) is 0 Å². The van der Waals surface area contributed by atoms with Crippen molar-refractivity contribution in [3.63, 3.8) is 0 Å². The van der Waals surface area contributed by atoms with E-state index in [1.807, 2.05) is 0 Å². The van der Waals surface area contributed by atoms with Crippen molar-refractivity contribution in [1.29, 1.82) is 0 Å². The average Bonchev–Trinajstić information content (AvgIpc) is 2.49. The van der Waals surface area contributed by atoms with Crippen LogP contribution in [0.4, 0.5) is 5.69 Å². The van der Waals surface area contributed by atoms with Gasteiger partial charge in [0.1, 0.15) is 11.5 Å². The third-order valence-corrected chi connectivity index (χ3v) is 2.96. The summed E-state index contributed by atoms with van der Waals surface area (Å²) in [6.07, 6.45) is 3.10. The zero-order valence-electron chi connectivity index (χ0n) is 11.0. The van der Waals surface area contributed by atoms with Gasteiger partial charge in [0.05, 0.1) is 24.9 Å². The number of methoxy groups -OCH3 is 2. The Morgan fingerprint density at radius 1 is 1.15 bits per heavy atom. The van der Waals surface area contributed by atoms with E-state index in [9.17, 15) is 4.79 Å². The van der Waals surface area contributed by atoms with E-state index < -0.39 is 0 Å². The average molecular weight is 293 g/mol. The zero-order chi connectivity index (χ0) is 14.5. The topological polar surface area (TPSA) is 60.5 Å². The number of anilines is 1. The Morgan fingerprint density at radius 2 is 1.80 bits per heavy atom. The molecular weight excluding hydrogens is 280 g/mol.